The van der Waals surface area contributed by atoms with Crippen molar-refractivity contribution in [2.45, 2.75) is 37.5 Å². The highest BCUT2D eigenvalue weighted by molar-refractivity contribution is 7.70. The zero-order valence-corrected chi connectivity index (χ0v) is 38.4. The Kier molecular flexibility index (Phi) is 10.1. The third kappa shape index (κ3) is 7.15. The first kappa shape index (κ1) is 40.7. The molecule has 0 amide bonds. The maximum atomic E-state index is 13.3. The molecular formula is C61H52N3OP. The highest BCUT2D eigenvalue weighted by Crippen LogP contribution is 2.65. The second-order valence-electron chi connectivity index (χ2n) is 19.5. The van der Waals surface area contributed by atoms with E-state index in [0.29, 0.717) is 29.3 Å². The normalized spacial score (nSPS) is 21.0. The molecule has 0 atom stereocenters. The Morgan fingerprint density at radius 1 is 0.379 bits per heavy atom. The second kappa shape index (κ2) is 16.3. The summed E-state index contributed by atoms with van der Waals surface area (Å²) in [7, 11) is -2.45. The second-order valence-corrected chi connectivity index (χ2v) is 22.7. The van der Waals surface area contributed by atoms with Crippen molar-refractivity contribution in [2.24, 2.45) is 23.7 Å². The fraction of sp³-hybridized carbons (Fsp3) is 0.197. The van der Waals surface area contributed by atoms with Crippen LogP contribution in [-0.4, -0.2) is 28.3 Å². The molecule has 0 saturated heterocycles. The standard InChI is InChI=1S/C61H52N3OP/c1-66(2,65)57-34-33-54(55-15-9-10-16-56(55)57)46-25-29-50(30-26-46)61(52-36-40-35-41(38-52)39-53(61)37-40)51-31-27-49(28-32-51)60-63-58(47-13-7-4-8-14-47)62-59(64-60)48-23-21-45(22-24-48)44-19-17-43(18-20-44)42-11-5-3-6-12-42/h3-34,40-41,52-53H,35-39H2,1-2H3. The van der Waals surface area contributed by atoms with E-state index < -0.39 is 7.14 Å². The van der Waals surface area contributed by atoms with Crippen LogP contribution in [0.5, 0.6) is 0 Å². The van der Waals surface area contributed by atoms with Crippen molar-refractivity contribution in [1.82, 2.24) is 15.0 Å². The summed E-state index contributed by atoms with van der Waals surface area (Å²) < 4.78 is 13.3. The molecule has 4 bridgehead atoms. The van der Waals surface area contributed by atoms with Crippen LogP contribution in [0.1, 0.15) is 43.2 Å². The molecule has 4 nitrogen and oxygen atoms in total. The zero-order chi connectivity index (χ0) is 44.4. The predicted octanol–water partition coefficient (Wildman–Crippen LogP) is 15.0. The van der Waals surface area contributed by atoms with Gasteiger partial charge in [0.25, 0.3) is 0 Å². The van der Waals surface area contributed by atoms with Crippen LogP contribution in [0.25, 0.3) is 78.3 Å². The van der Waals surface area contributed by atoms with Crippen molar-refractivity contribution in [3.63, 3.8) is 0 Å². The minimum absolute atomic E-state index is 0.0590. The van der Waals surface area contributed by atoms with Crippen molar-refractivity contribution in [1.29, 1.82) is 0 Å². The van der Waals surface area contributed by atoms with E-state index in [1.807, 2.05) is 31.5 Å². The maximum absolute atomic E-state index is 13.3. The number of hydrogen-bond acceptors (Lipinski definition) is 4. The largest absolute Gasteiger partial charge is 0.319 e. The molecular weight excluding hydrogens is 822 g/mol. The quantitative estimate of drug-likeness (QED) is 0.136. The molecule has 1 aromatic heterocycles. The van der Waals surface area contributed by atoms with Crippen LogP contribution >= 0.6 is 7.14 Å². The van der Waals surface area contributed by atoms with E-state index in [1.165, 1.54) is 71.0 Å². The fourth-order valence-electron chi connectivity index (χ4n) is 12.5. The van der Waals surface area contributed by atoms with Gasteiger partial charge in [0.1, 0.15) is 7.14 Å². The summed E-state index contributed by atoms with van der Waals surface area (Å²) in [6.07, 6.45) is 6.59. The van der Waals surface area contributed by atoms with Crippen molar-refractivity contribution in [3.05, 3.63) is 205 Å². The minimum atomic E-state index is -2.45. The monoisotopic (exact) mass is 873 g/mol. The molecule has 4 aliphatic rings. The summed E-state index contributed by atoms with van der Waals surface area (Å²) in [4.78, 5) is 15.4. The van der Waals surface area contributed by atoms with Gasteiger partial charge in [0.15, 0.2) is 17.5 Å². The van der Waals surface area contributed by atoms with Gasteiger partial charge < -0.3 is 4.57 Å². The molecule has 0 N–H and O–H groups in total. The zero-order valence-electron chi connectivity index (χ0n) is 37.5. The molecule has 4 fully saturated rings. The van der Waals surface area contributed by atoms with Gasteiger partial charge in [0.2, 0.25) is 0 Å². The lowest BCUT2D eigenvalue weighted by atomic mass is 9.42. The molecule has 4 aliphatic carbocycles. The van der Waals surface area contributed by atoms with Gasteiger partial charge in [0, 0.05) is 27.4 Å². The highest BCUT2D eigenvalue weighted by atomic mass is 31.2. The summed E-state index contributed by atoms with van der Waals surface area (Å²) in [6, 6.07) is 69.7. The Bertz CT molecular complexity index is 3240. The van der Waals surface area contributed by atoms with Crippen LogP contribution < -0.4 is 5.30 Å². The molecule has 0 aliphatic heterocycles. The third-order valence-corrected chi connectivity index (χ3v) is 16.9. The summed E-state index contributed by atoms with van der Waals surface area (Å²) >= 11 is 0. The van der Waals surface area contributed by atoms with Crippen LogP contribution in [0, 0.1) is 23.7 Å². The highest BCUT2D eigenvalue weighted by Gasteiger charge is 2.58. The Morgan fingerprint density at radius 2 is 0.742 bits per heavy atom. The van der Waals surface area contributed by atoms with Gasteiger partial charge in [0.05, 0.1) is 0 Å². The molecule has 0 unspecified atom stereocenters. The molecule has 8 aromatic carbocycles. The molecule has 9 aromatic rings. The smallest absolute Gasteiger partial charge is 0.164 e. The van der Waals surface area contributed by atoms with Gasteiger partial charge in [-0.05, 0) is 124 Å². The first-order valence-corrected chi connectivity index (χ1v) is 26.2. The number of fused-ring (bicyclic) bond motifs is 1. The Balaban J connectivity index is 0.899. The van der Waals surface area contributed by atoms with Crippen LogP contribution in [0.15, 0.2) is 194 Å². The topological polar surface area (TPSA) is 55.7 Å². The molecule has 322 valence electrons. The molecule has 5 heteroatoms. The first-order valence-electron chi connectivity index (χ1n) is 23.6. The number of aromatic nitrogens is 3. The van der Waals surface area contributed by atoms with E-state index >= 15 is 0 Å². The average Bonchev–Trinajstić information content (AvgIpc) is 3.36. The van der Waals surface area contributed by atoms with Gasteiger partial charge in [-0.1, -0.05) is 194 Å². The predicted molar refractivity (Wildman–Crippen MR) is 273 cm³/mol. The lowest BCUT2D eigenvalue weighted by molar-refractivity contribution is -0.0418. The average molecular weight is 874 g/mol. The van der Waals surface area contributed by atoms with E-state index in [-0.39, 0.29) is 5.41 Å². The Hall–Kier alpha value is -6.74. The van der Waals surface area contributed by atoms with Crippen molar-refractivity contribution < 1.29 is 4.57 Å². The lowest BCUT2D eigenvalue weighted by Crippen LogP contribution is -2.56. The van der Waals surface area contributed by atoms with Crippen LogP contribution in [-0.2, 0) is 9.98 Å². The molecule has 0 spiro atoms. The van der Waals surface area contributed by atoms with Crippen molar-refractivity contribution in [2.75, 3.05) is 13.3 Å². The number of hydrogen-bond donors (Lipinski definition) is 0. The van der Waals surface area contributed by atoms with Crippen LogP contribution in [0.3, 0.4) is 0 Å². The molecule has 0 radical (unpaired) electrons. The third-order valence-electron chi connectivity index (χ3n) is 15.3. The Labute approximate surface area is 388 Å². The number of rotatable bonds is 9. The lowest BCUT2D eigenvalue weighted by Gasteiger charge is -2.62. The van der Waals surface area contributed by atoms with Gasteiger partial charge in [-0.2, -0.15) is 0 Å². The minimum Gasteiger partial charge on any atom is -0.319 e. The summed E-state index contributed by atoms with van der Waals surface area (Å²) in [5, 5.41) is 3.20. The van der Waals surface area contributed by atoms with E-state index in [4.69, 9.17) is 15.0 Å². The number of nitrogens with zero attached hydrogens (tertiary/aromatic N) is 3. The van der Waals surface area contributed by atoms with E-state index in [9.17, 15) is 4.57 Å². The molecule has 4 saturated carbocycles. The first-order chi connectivity index (χ1) is 32.3. The van der Waals surface area contributed by atoms with E-state index in [2.05, 4.69) is 176 Å². The SMILES string of the molecule is CP(C)(=O)c1ccc(-c2ccc(C3(c4ccc(-c5nc(-c6ccccc6)nc(-c6ccc(-c7ccc(-c8ccccc8)cc7)cc6)n5)cc4)C4CC5CC(C4)CC3C5)cc2)c2ccccc12. The fourth-order valence-corrected chi connectivity index (χ4v) is 13.7. The maximum Gasteiger partial charge on any atom is 0.164 e. The van der Waals surface area contributed by atoms with Gasteiger partial charge >= 0.3 is 0 Å². The van der Waals surface area contributed by atoms with Gasteiger partial charge in [-0.3, -0.25) is 0 Å². The summed E-state index contributed by atoms with van der Waals surface area (Å²) in [6.45, 7) is 3.74. The Morgan fingerprint density at radius 3 is 1.21 bits per heavy atom. The van der Waals surface area contributed by atoms with E-state index in [1.54, 1.807) is 0 Å². The molecule has 66 heavy (non-hydrogen) atoms. The summed E-state index contributed by atoms with van der Waals surface area (Å²) in [5.74, 6) is 4.89. The number of benzene rings is 8. The van der Waals surface area contributed by atoms with Gasteiger partial charge in [-0.15, -0.1) is 0 Å². The van der Waals surface area contributed by atoms with Gasteiger partial charge in [-0.25, -0.2) is 15.0 Å². The molecule has 1 heterocycles. The van der Waals surface area contributed by atoms with Crippen molar-refractivity contribution in [3.8, 4) is 67.5 Å². The van der Waals surface area contributed by atoms with Crippen molar-refractivity contribution >= 4 is 23.2 Å². The van der Waals surface area contributed by atoms with Crippen LogP contribution in [0.2, 0.25) is 0 Å². The van der Waals surface area contributed by atoms with E-state index in [0.717, 1.165) is 50.2 Å². The summed E-state index contributed by atoms with van der Waals surface area (Å²) in [5.41, 5.74) is 12.8. The molecule has 13 rings (SSSR count). The van der Waals surface area contributed by atoms with Crippen LogP contribution in [0.4, 0.5) is 0 Å².